The summed E-state index contributed by atoms with van der Waals surface area (Å²) in [5.74, 6) is 2.58. The average molecular weight is 304 g/mol. The number of rotatable bonds is 4. The molecular formula is C17H12N4O2. The number of nitrogens with zero attached hydrogens (tertiary/aromatic N) is 3. The summed E-state index contributed by atoms with van der Waals surface area (Å²) < 4.78 is 5.45. The zero-order valence-electron chi connectivity index (χ0n) is 12.1. The highest BCUT2D eigenvalue weighted by molar-refractivity contribution is 6.07. The number of amides is 1. The van der Waals surface area contributed by atoms with E-state index in [2.05, 4.69) is 26.2 Å². The van der Waals surface area contributed by atoms with Crippen LogP contribution in [0.2, 0.25) is 0 Å². The minimum absolute atomic E-state index is 0.142. The smallest absolute Gasteiger partial charge is 0.275 e. The second-order valence-corrected chi connectivity index (χ2v) is 4.58. The molecule has 0 bridgehead atoms. The fourth-order valence-electron chi connectivity index (χ4n) is 2.07. The van der Waals surface area contributed by atoms with Gasteiger partial charge in [-0.2, -0.15) is 0 Å². The number of ether oxygens (including phenoxy) is 1. The van der Waals surface area contributed by atoms with E-state index in [1.807, 2.05) is 18.2 Å². The highest BCUT2D eigenvalue weighted by atomic mass is 16.5. The normalized spacial score (nSPS) is 10.0. The number of fused-ring (bicyclic) bond motifs is 1. The molecule has 1 N–H and O–H groups in total. The fourth-order valence-corrected chi connectivity index (χ4v) is 2.07. The van der Waals surface area contributed by atoms with Crippen LogP contribution in [0.5, 0.6) is 5.75 Å². The maximum Gasteiger partial charge on any atom is 0.275 e. The molecule has 0 atom stereocenters. The van der Waals surface area contributed by atoms with Crippen molar-refractivity contribution in [2.24, 2.45) is 0 Å². The van der Waals surface area contributed by atoms with E-state index >= 15 is 0 Å². The van der Waals surface area contributed by atoms with Crippen molar-refractivity contribution in [2.45, 2.75) is 0 Å². The van der Waals surface area contributed by atoms with Crippen LogP contribution in [-0.4, -0.2) is 27.5 Å². The lowest BCUT2D eigenvalue weighted by molar-refractivity contribution is 0.102. The Bertz CT molecular complexity index is 888. The highest BCUT2D eigenvalue weighted by Gasteiger charge is 2.12. The number of aromatic nitrogens is 3. The molecule has 0 aliphatic heterocycles. The quantitative estimate of drug-likeness (QED) is 0.748. The van der Waals surface area contributed by atoms with E-state index in [0.717, 1.165) is 5.39 Å². The molecule has 0 spiro atoms. The summed E-state index contributed by atoms with van der Waals surface area (Å²) in [5, 5.41) is 3.61. The first kappa shape index (κ1) is 14.5. The van der Waals surface area contributed by atoms with E-state index in [0.29, 0.717) is 17.0 Å². The predicted octanol–water partition coefficient (Wildman–Crippen LogP) is 2.29. The van der Waals surface area contributed by atoms with Gasteiger partial charge < -0.3 is 10.1 Å². The van der Waals surface area contributed by atoms with E-state index in [4.69, 9.17) is 11.2 Å². The molecule has 6 heteroatoms. The molecule has 1 aromatic carbocycles. The molecule has 0 saturated heterocycles. The average Bonchev–Trinajstić information content (AvgIpc) is 2.60. The van der Waals surface area contributed by atoms with Gasteiger partial charge in [0.2, 0.25) is 0 Å². The molecule has 2 heterocycles. The lowest BCUT2D eigenvalue weighted by Crippen LogP contribution is -2.14. The maximum absolute atomic E-state index is 12.3. The second-order valence-electron chi connectivity index (χ2n) is 4.58. The van der Waals surface area contributed by atoms with Gasteiger partial charge in [-0.05, 0) is 12.1 Å². The Kier molecular flexibility index (Phi) is 4.11. The Labute approximate surface area is 132 Å². The predicted molar refractivity (Wildman–Crippen MR) is 86.1 cm³/mol. The third-order valence-electron chi connectivity index (χ3n) is 3.04. The van der Waals surface area contributed by atoms with Crippen molar-refractivity contribution in [3.8, 4) is 18.1 Å². The molecule has 0 aliphatic carbocycles. The number of hydrogen-bond acceptors (Lipinski definition) is 5. The van der Waals surface area contributed by atoms with Gasteiger partial charge in [0, 0.05) is 30.0 Å². The number of anilines is 1. The Balaban J connectivity index is 1.98. The molecule has 0 saturated carbocycles. The first-order valence-electron chi connectivity index (χ1n) is 6.80. The largest absolute Gasteiger partial charge is 0.481 e. The Hall–Kier alpha value is -3.46. The van der Waals surface area contributed by atoms with Crippen molar-refractivity contribution >= 4 is 22.5 Å². The van der Waals surface area contributed by atoms with E-state index < -0.39 is 0 Å². The Morgan fingerprint density at radius 3 is 2.96 bits per heavy atom. The van der Waals surface area contributed by atoms with Crippen molar-refractivity contribution in [3.63, 3.8) is 0 Å². The minimum atomic E-state index is -0.376. The van der Waals surface area contributed by atoms with Crippen LogP contribution in [0.15, 0.2) is 49.1 Å². The topological polar surface area (TPSA) is 77.0 Å². The standard InChI is InChI=1S/C17H12N4O2/c1-2-8-23-13-9-12-4-3-5-20-16(12)14(10-13)21-17(22)15-11-18-6-7-19-15/h1,3-7,9-11H,8H2,(H,21,22). The fraction of sp³-hybridized carbons (Fsp3) is 0.0588. The van der Waals surface area contributed by atoms with E-state index in [-0.39, 0.29) is 18.2 Å². The summed E-state index contributed by atoms with van der Waals surface area (Å²) >= 11 is 0. The number of hydrogen-bond donors (Lipinski definition) is 1. The Morgan fingerprint density at radius 1 is 1.26 bits per heavy atom. The number of pyridine rings is 1. The summed E-state index contributed by atoms with van der Waals surface area (Å²) in [6.45, 7) is 0.142. The lowest BCUT2D eigenvalue weighted by atomic mass is 10.1. The van der Waals surface area contributed by atoms with Gasteiger partial charge in [0.1, 0.15) is 18.1 Å². The van der Waals surface area contributed by atoms with Gasteiger partial charge in [0.25, 0.3) is 5.91 Å². The zero-order valence-corrected chi connectivity index (χ0v) is 12.1. The first-order valence-corrected chi connectivity index (χ1v) is 6.80. The van der Waals surface area contributed by atoms with Crippen LogP contribution < -0.4 is 10.1 Å². The van der Waals surface area contributed by atoms with Crippen molar-refractivity contribution in [1.29, 1.82) is 0 Å². The molecule has 112 valence electrons. The van der Waals surface area contributed by atoms with Crippen molar-refractivity contribution < 1.29 is 9.53 Å². The number of nitrogens with one attached hydrogen (secondary N) is 1. The van der Waals surface area contributed by atoms with Gasteiger partial charge in [-0.25, -0.2) is 4.98 Å². The summed E-state index contributed by atoms with van der Waals surface area (Å²) in [6, 6.07) is 7.18. The first-order chi connectivity index (χ1) is 11.3. The zero-order chi connectivity index (χ0) is 16.1. The molecule has 2 aromatic heterocycles. The van der Waals surface area contributed by atoms with Gasteiger partial charge in [-0.15, -0.1) is 6.42 Å². The second kappa shape index (κ2) is 6.54. The number of carbonyl (C=O) groups excluding carboxylic acids is 1. The van der Waals surface area contributed by atoms with Crippen LogP contribution in [0.25, 0.3) is 10.9 Å². The number of carbonyl (C=O) groups is 1. The monoisotopic (exact) mass is 304 g/mol. The number of terminal acetylenes is 1. The van der Waals surface area contributed by atoms with Crippen LogP contribution in [0.1, 0.15) is 10.5 Å². The molecule has 3 aromatic rings. The van der Waals surface area contributed by atoms with Gasteiger partial charge in [0.05, 0.1) is 17.4 Å². The molecule has 0 unspecified atom stereocenters. The highest BCUT2D eigenvalue weighted by Crippen LogP contribution is 2.28. The molecule has 6 nitrogen and oxygen atoms in total. The lowest BCUT2D eigenvalue weighted by Gasteiger charge is -2.10. The van der Waals surface area contributed by atoms with Crippen molar-refractivity contribution in [3.05, 3.63) is 54.7 Å². The van der Waals surface area contributed by atoms with Crippen molar-refractivity contribution in [1.82, 2.24) is 15.0 Å². The van der Waals surface area contributed by atoms with Crippen LogP contribution in [0, 0.1) is 12.3 Å². The third kappa shape index (κ3) is 3.24. The molecule has 0 aliphatic rings. The van der Waals surface area contributed by atoms with E-state index in [1.54, 1.807) is 12.3 Å². The molecular weight excluding hydrogens is 292 g/mol. The molecule has 0 fully saturated rings. The number of benzene rings is 1. The van der Waals surface area contributed by atoms with Gasteiger partial charge in [-0.3, -0.25) is 14.8 Å². The van der Waals surface area contributed by atoms with Crippen molar-refractivity contribution in [2.75, 3.05) is 11.9 Å². The summed E-state index contributed by atoms with van der Waals surface area (Å²) in [7, 11) is 0. The van der Waals surface area contributed by atoms with Crippen LogP contribution in [-0.2, 0) is 0 Å². The van der Waals surface area contributed by atoms with Gasteiger partial charge in [-0.1, -0.05) is 12.0 Å². The van der Waals surface area contributed by atoms with Gasteiger partial charge in [0.15, 0.2) is 0 Å². The SMILES string of the molecule is C#CCOc1cc(NC(=O)c2cnccn2)c2ncccc2c1. The van der Waals surface area contributed by atoms with Crippen LogP contribution >= 0.6 is 0 Å². The van der Waals surface area contributed by atoms with Crippen LogP contribution in [0.4, 0.5) is 5.69 Å². The Morgan fingerprint density at radius 2 is 2.17 bits per heavy atom. The molecule has 23 heavy (non-hydrogen) atoms. The van der Waals surface area contributed by atoms with Gasteiger partial charge >= 0.3 is 0 Å². The van der Waals surface area contributed by atoms with Crippen LogP contribution in [0.3, 0.4) is 0 Å². The summed E-state index contributed by atoms with van der Waals surface area (Å²) in [6.07, 6.45) is 11.2. The van der Waals surface area contributed by atoms with E-state index in [1.165, 1.54) is 18.6 Å². The third-order valence-corrected chi connectivity index (χ3v) is 3.04. The van der Waals surface area contributed by atoms with E-state index in [9.17, 15) is 4.79 Å². The molecule has 3 rings (SSSR count). The maximum atomic E-state index is 12.3. The summed E-state index contributed by atoms with van der Waals surface area (Å²) in [5.41, 5.74) is 1.38. The molecule has 0 radical (unpaired) electrons. The minimum Gasteiger partial charge on any atom is -0.481 e. The molecule has 1 amide bonds. The summed E-state index contributed by atoms with van der Waals surface area (Å²) in [4.78, 5) is 24.4.